The third-order valence-electron chi connectivity index (χ3n) is 5.59. The molecule has 0 saturated carbocycles. The average molecular weight is 472 g/mol. The highest BCUT2D eigenvalue weighted by atomic mass is 35.5. The number of carbonyl (C=O) groups excluding carboxylic acids is 1. The largest absolute Gasteiger partial charge is 0.489 e. The Bertz CT molecular complexity index is 1330. The van der Waals surface area contributed by atoms with Crippen LogP contribution in [0, 0.1) is 0 Å². The van der Waals surface area contributed by atoms with E-state index in [1.165, 1.54) is 6.33 Å². The SMILES string of the molecule is CC1=C(C(=O)Nc2ccccc2)[C@H](c2ccc(OCc3ccc(Cl)cc3)cc2)n2ncnc2N1. The van der Waals surface area contributed by atoms with E-state index in [1.54, 1.807) is 4.68 Å². The van der Waals surface area contributed by atoms with Gasteiger partial charge in [0.05, 0.1) is 5.57 Å². The van der Waals surface area contributed by atoms with Crippen molar-refractivity contribution >= 4 is 29.1 Å². The van der Waals surface area contributed by atoms with Crippen molar-refractivity contribution in [1.29, 1.82) is 0 Å². The molecule has 1 aromatic heterocycles. The van der Waals surface area contributed by atoms with Gasteiger partial charge in [0.1, 0.15) is 24.7 Å². The first-order valence-electron chi connectivity index (χ1n) is 10.8. The Labute approximate surface area is 202 Å². The number of nitrogens with zero attached hydrogens (tertiary/aromatic N) is 3. The van der Waals surface area contributed by atoms with Crippen LogP contribution in [0.25, 0.3) is 0 Å². The van der Waals surface area contributed by atoms with Crippen molar-refractivity contribution in [3.05, 3.63) is 113 Å². The summed E-state index contributed by atoms with van der Waals surface area (Å²) in [5.41, 5.74) is 3.93. The van der Waals surface area contributed by atoms with E-state index < -0.39 is 6.04 Å². The van der Waals surface area contributed by atoms with Gasteiger partial charge >= 0.3 is 0 Å². The van der Waals surface area contributed by atoms with E-state index in [1.807, 2.05) is 85.8 Å². The molecule has 8 heteroatoms. The fourth-order valence-corrected chi connectivity index (χ4v) is 4.03. The van der Waals surface area contributed by atoms with Gasteiger partial charge < -0.3 is 15.4 Å². The summed E-state index contributed by atoms with van der Waals surface area (Å²) < 4.78 is 7.64. The monoisotopic (exact) mass is 471 g/mol. The van der Waals surface area contributed by atoms with Crippen molar-refractivity contribution in [3.8, 4) is 5.75 Å². The molecule has 0 saturated heterocycles. The highest BCUT2D eigenvalue weighted by Gasteiger charge is 2.33. The van der Waals surface area contributed by atoms with Crippen LogP contribution in [-0.2, 0) is 11.4 Å². The second kappa shape index (κ2) is 9.41. The topological polar surface area (TPSA) is 81.1 Å². The second-order valence-corrected chi connectivity index (χ2v) is 8.34. The average Bonchev–Trinajstić information content (AvgIpc) is 3.32. The zero-order valence-corrected chi connectivity index (χ0v) is 19.2. The molecule has 0 fully saturated rings. The first-order valence-corrected chi connectivity index (χ1v) is 11.2. The van der Waals surface area contributed by atoms with Gasteiger partial charge in [0.15, 0.2) is 0 Å². The number of rotatable bonds is 6. The zero-order chi connectivity index (χ0) is 23.5. The number of anilines is 2. The van der Waals surface area contributed by atoms with E-state index in [0.717, 1.165) is 28.3 Å². The summed E-state index contributed by atoms with van der Waals surface area (Å²) in [7, 11) is 0. The summed E-state index contributed by atoms with van der Waals surface area (Å²) in [6.45, 7) is 2.30. The molecular formula is C26H22ClN5O2. The minimum Gasteiger partial charge on any atom is -0.489 e. The van der Waals surface area contributed by atoms with Gasteiger partial charge in [-0.3, -0.25) is 4.79 Å². The summed E-state index contributed by atoms with van der Waals surface area (Å²) in [4.78, 5) is 17.6. The molecule has 1 aliphatic rings. The Hall–Kier alpha value is -4.10. The van der Waals surface area contributed by atoms with Crippen molar-refractivity contribution in [1.82, 2.24) is 14.8 Å². The lowest BCUT2D eigenvalue weighted by molar-refractivity contribution is -0.113. The molecule has 5 rings (SSSR count). The Morgan fingerprint density at radius 3 is 2.53 bits per heavy atom. The number of carbonyl (C=O) groups is 1. The molecule has 4 aromatic rings. The summed E-state index contributed by atoms with van der Waals surface area (Å²) in [6, 6.07) is 24.2. The van der Waals surface area contributed by atoms with Crippen molar-refractivity contribution in [2.24, 2.45) is 0 Å². The van der Waals surface area contributed by atoms with Crippen LogP contribution in [0.15, 0.2) is 96.5 Å². The number of para-hydroxylation sites is 1. The first kappa shape index (κ1) is 21.7. The summed E-state index contributed by atoms with van der Waals surface area (Å²) in [5, 5.41) is 11.2. The number of hydrogen-bond acceptors (Lipinski definition) is 5. The van der Waals surface area contributed by atoms with E-state index in [0.29, 0.717) is 23.2 Å². The minimum atomic E-state index is -0.437. The van der Waals surface area contributed by atoms with Crippen LogP contribution in [0.1, 0.15) is 24.1 Å². The standard InChI is InChI=1S/C26H22ClN5O2/c1-17-23(25(33)31-21-5-3-2-4-6-21)24(32-26(30-17)28-16-29-32)19-9-13-22(14-10-19)34-15-18-7-11-20(27)12-8-18/h2-14,16,24H,15H2,1H3,(H,31,33)(H,28,29,30)/t24-/m0/s1. The van der Waals surface area contributed by atoms with Crippen molar-refractivity contribution in [3.63, 3.8) is 0 Å². The van der Waals surface area contributed by atoms with Gasteiger partial charge in [-0.25, -0.2) is 4.68 Å². The quantitative estimate of drug-likeness (QED) is 0.391. The number of halogens is 1. The molecule has 2 heterocycles. The lowest BCUT2D eigenvalue weighted by atomic mass is 9.95. The lowest BCUT2D eigenvalue weighted by Crippen LogP contribution is -2.31. The number of hydrogen-bond donors (Lipinski definition) is 2. The number of allylic oxidation sites excluding steroid dienone is 1. The zero-order valence-electron chi connectivity index (χ0n) is 18.4. The number of amides is 1. The predicted octanol–water partition coefficient (Wildman–Crippen LogP) is 5.44. The second-order valence-electron chi connectivity index (χ2n) is 7.90. The van der Waals surface area contributed by atoms with Crippen molar-refractivity contribution < 1.29 is 9.53 Å². The number of ether oxygens (including phenoxy) is 1. The molecule has 34 heavy (non-hydrogen) atoms. The van der Waals surface area contributed by atoms with Crippen LogP contribution < -0.4 is 15.4 Å². The molecule has 1 aliphatic heterocycles. The molecule has 0 bridgehead atoms. The van der Waals surface area contributed by atoms with Gasteiger partial charge in [-0.15, -0.1) is 0 Å². The highest BCUT2D eigenvalue weighted by Crippen LogP contribution is 2.35. The number of aromatic nitrogens is 3. The van der Waals surface area contributed by atoms with Crippen LogP contribution in [0.3, 0.4) is 0 Å². The maximum atomic E-state index is 13.3. The molecule has 0 spiro atoms. The van der Waals surface area contributed by atoms with Crippen LogP contribution in [-0.4, -0.2) is 20.7 Å². The molecule has 0 radical (unpaired) electrons. The van der Waals surface area contributed by atoms with Crippen LogP contribution in [0.5, 0.6) is 5.75 Å². The lowest BCUT2D eigenvalue weighted by Gasteiger charge is -2.28. The van der Waals surface area contributed by atoms with E-state index >= 15 is 0 Å². The van der Waals surface area contributed by atoms with Crippen molar-refractivity contribution in [2.45, 2.75) is 19.6 Å². The molecule has 0 unspecified atom stereocenters. The molecule has 0 aliphatic carbocycles. The maximum absolute atomic E-state index is 13.3. The number of benzene rings is 3. The highest BCUT2D eigenvalue weighted by molar-refractivity contribution is 6.30. The fraction of sp³-hybridized carbons (Fsp3) is 0.115. The van der Waals surface area contributed by atoms with E-state index in [9.17, 15) is 4.79 Å². The van der Waals surface area contributed by atoms with Gasteiger partial charge in [-0.05, 0) is 54.4 Å². The van der Waals surface area contributed by atoms with Crippen LogP contribution in [0.2, 0.25) is 5.02 Å². The smallest absolute Gasteiger partial charge is 0.255 e. The Morgan fingerprint density at radius 1 is 1.06 bits per heavy atom. The van der Waals surface area contributed by atoms with Gasteiger partial charge in [0, 0.05) is 16.4 Å². The molecule has 3 aromatic carbocycles. The number of fused-ring (bicyclic) bond motifs is 1. The molecule has 7 nitrogen and oxygen atoms in total. The molecule has 2 N–H and O–H groups in total. The normalized spacial score (nSPS) is 14.8. The van der Waals surface area contributed by atoms with Gasteiger partial charge in [-0.1, -0.05) is 54.1 Å². The predicted molar refractivity (Wildman–Crippen MR) is 132 cm³/mol. The van der Waals surface area contributed by atoms with E-state index in [4.69, 9.17) is 16.3 Å². The molecule has 1 amide bonds. The van der Waals surface area contributed by atoms with Crippen LogP contribution >= 0.6 is 11.6 Å². The minimum absolute atomic E-state index is 0.203. The molecule has 1 atom stereocenters. The van der Waals surface area contributed by atoms with Crippen LogP contribution in [0.4, 0.5) is 11.6 Å². The summed E-state index contributed by atoms with van der Waals surface area (Å²) >= 11 is 5.95. The molecular weight excluding hydrogens is 450 g/mol. The third-order valence-corrected chi connectivity index (χ3v) is 5.84. The van der Waals surface area contributed by atoms with E-state index in [-0.39, 0.29) is 5.91 Å². The Morgan fingerprint density at radius 2 is 1.79 bits per heavy atom. The fourth-order valence-electron chi connectivity index (χ4n) is 3.91. The maximum Gasteiger partial charge on any atom is 0.255 e. The molecule has 170 valence electrons. The summed E-state index contributed by atoms with van der Waals surface area (Å²) in [6.07, 6.45) is 1.48. The van der Waals surface area contributed by atoms with Gasteiger partial charge in [0.2, 0.25) is 5.95 Å². The number of nitrogens with one attached hydrogen (secondary N) is 2. The van der Waals surface area contributed by atoms with Gasteiger partial charge in [0.25, 0.3) is 5.91 Å². The summed E-state index contributed by atoms with van der Waals surface area (Å²) in [5.74, 6) is 1.11. The first-order chi connectivity index (χ1) is 16.6. The van der Waals surface area contributed by atoms with E-state index in [2.05, 4.69) is 20.7 Å². The Kier molecular flexibility index (Phi) is 6.01. The Balaban J connectivity index is 1.40. The third kappa shape index (κ3) is 4.51. The van der Waals surface area contributed by atoms with Gasteiger partial charge in [-0.2, -0.15) is 10.1 Å². The van der Waals surface area contributed by atoms with Crippen molar-refractivity contribution in [2.75, 3.05) is 10.6 Å².